The minimum Gasteiger partial charge on any atom is -0.464 e. The van der Waals surface area contributed by atoms with Gasteiger partial charge in [-0.15, -0.1) is 0 Å². The second-order valence-corrected chi connectivity index (χ2v) is 17.7. The molecular weight excluding hydrogens is 796 g/mol. The number of benzene rings is 2. The predicted octanol–water partition coefficient (Wildman–Crippen LogP) is 3.53. The number of halogens is 1. The largest absolute Gasteiger partial charge is 0.464 e. The molecular formula is C39H47FN6O12S. The molecule has 0 spiro atoms. The Morgan fingerprint density at radius 3 is 2.53 bits per heavy atom. The van der Waals surface area contributed by atoms with Crippen molar-refractivity contribution in [3.63, 3.8) is 0 Å². The maximum atomic E-state index is 14.7. The van der Waals surface area contributed by atoms with Crippen LogP contribution in [0.1, 0.15) is 64.5 Å². The fraction of sp³-hybridized carbons (Fsp3) is 0.513. The van der Waals surface area contributed by atoms with Crippen LogP contribution in [0.25, 0.3) is 0 Å². The van der Waals surface area contributed by atoms with Crippen LogP contribution < -0.4 is 10.6 Å². The van der Waals surface area contributed by atoms with Crippen LogP contribution in [0.4, 0.5) is 19.7 Å². The van der Waals surface area contributed by atoms with Crippen LogP contribution >= 0.6 is 0 Å². The monoisotopic (exact) mass is 842 g/mol. The van der Waals surface area contributed by atoms with Crippen LogP contribution in [0.5, 0.6) is 0 Å². The molecule has 0 radical (unpaired) electrons. The van der Waals surface area contributed by atoms with E-state index in [2.05, 4.69) is 10.6 Å². The number of esters is 1. The lowest BCUT2D eigenvalue weighted by molar-refractivity contribution is -0.387. The van der Waals surface area contributed by atoms with Gasteiger partial charge in [-0.2, -0.15) is 4.31 Å². The first-order chi connectivity index (χ1) is 27.8. The first-order valence-electron chi connectivity index (χ1n) is 19.3. The quantitative estimate of drug-likeness (QED) is 0.134. The molecule has 2 aromatic rings. The number of nitrogens with zero attached hydrogens (tertiary/aromatic N) is 4. The normalized spacial score (nSPS) is 25.0. The van der Waals surface area contributed by atoms with E-state index in [0.717, 1.165) is 21.3 Å². The lowest BCUT2D eigenvalue weighted by Crippen LogP contribution is -2.57. The third-order valence-electron chi connectivity index (χ3n) is 10.6. The molecule has 1 aliphatic carbocycles. The number of hydrogen-bond donors (Lipinski definition) is 2. The van der Waals surface area contributed by atoms with Gasteiger partial charge < -0.3 is 29.7 Å². The number of sulfonamides is 1. The van der Waals surface area contributed by atoms with E-state index in [0.29, 0.717) is 11.1 Å². The second kappa shape index (κ2) is 16.9. The van der Waals surface area contributed by atoms with Crippen LogP contribution in [0.15, 0.2) is 59.5 Å². The van der Waals surface area contributed by atoms with E-state index in [-0.39, 0.29) is 58.5 Å². The summed E-state index contributed by atoms with van der Waals surface area (Å²) in [6.07, 6.45) is -0.0797. The van der Waals surface area contributed by atoms with Crippen molar-refractivity contribution in [2.45, 2.75) is 101 Å². The van der Waals surface area contributed by atoms with Crippen molar-refractivity contribution in [3.05, 3.63) is 81.7 Å². The lowest BCUT2D eigenvalue weighted by atomic mass is 10.1. The zero-order valence-corrected chi connectivity index (χ0v) is 33.9. The Morgan fingerprint density at radius 2 is 1.83 bits per heavy atom. The van der Waals surface area contributed by atoms with Crippen molar-refractivity contribution < 1.29 is 55.9 Å². The molecule has 4 aliphatic rings. The number of nitrogens with one attached hydrogen (secondary N) is 2. The van der Waals surface area contributed by atoms with Crippen LogP contribution in [-0.4, -0.2) is 113 Å². The number of hydrogen-bond acceptors (Lipinski definition) is 12. The molecule has 2 fully saturated rings. The van der Waals surface area contributed by atoms with Crippen molar-refractivity contribution in [1.82, 2.24) is 24.7 Å². The van der Waals surface area contributed by atoms with Crippen LogP contribution in [0, 0.1) is 21.8 Å². The fourth-order valence-electron chi connectivity index (χ4n) is 7.59. The Bertz CT molecular complexity index is 2160. The molecule has 318 valence electrons. The molecule has 3 aliphatic heterocycles. The van der Waals surface area contributed by atoms with Gasteiger partial charge >= 0.3 is 18.2 Å². The van der Waals surface area contributed by atoms with Crippen molar-refractivity contribution >= 4 is 45.7 Å². The van der Waals surface area contributed by atoms with Gasteiger partial charge in [0, 0.05) is 43.6 Å². The highest BCUT2D eigenvalue weighted by Crippen LogP contribution is 2.46. The van der Waals surface area contributed by atoms with Crippen molar-refractivity contribution in [3.8, 4) is 0 Å². The lowest BCUT2D eigenvalue weighted by Gasteiger charge is -2.31. The Labute approximate surface area is 340 Å². The molecule has 6 rings (SSSR count). The number of nitro benzene ring substituents is 1. The van der Waals surface area contributed by atoms with Gasteiger partial charge in [-0.05, 0) is 64.7 Å². The first kappa shape index (κ1) is 43.0. The highest BCUT2D eigenvalue weighted by atomic mass is 32.2. The number of carbonyl (C=O) groups is 5. The molecule has 5 atom stereocenters. The van der Waals surface area contributed by atoms with Crippen molar-refractivity contribution in [2.75, 3.05) is 26.2 Å². The molecule has 18 nitrogen and oxygen atoms in total. The molecule has 0 aromatic heterocycles. The highest BCUT2D eigenvalue weighted by molar-refractivity contribution is 7.89. The molecule has 2 aromatic carbocycles. The molecule has 1 saturated carbocycles. The third-order valence-corrected chi connectivity index (χ3v) is 12.5. The minimum absolute atomic E-state index is 0.000319. The summed E-state index contributed by atoms with van der Waals surface area (Å²) in [7, 11) is -4.60. The molecule has 0 bridgehead atoms. The maximum Gasteiger partial charge on any atom is 0.410 e. The number of carbonyl (C=O) groups excluding carboxylic acids is 5. The van der Waals surface area contributed by atoms with Gasteiger partial charge in [-0.1, -0.05) is 36.4 Å². The van der Waals surface area contributed by atoms with E-state index in [4.69, 9.17) is 14.2 Å². The van der Waals surface area contributed by atoms with Gasteiger partial charge in [0.2, 0.25) is 21.8 Å². The number of fused-ring (bicyclic) bond motifs is 3. The molecule has 2 N–H and O–H groups in total. The smallest absolute Gasteiger partial charge is 0.410 e. The molecule has 3 heterocycles. The molecule has 1 saturated heterocycles. The van der Waals surface area contributed by atoms with Crippen LogP contribution in [-0.2, 0) is 51.7 Å². The summed E-state index contributed by atoms with van der Waals surface area (Å²) in [6.45, 7) is 5.38. The summed E-state index contributed by atoms with van der Waals surface area (Å²) < 4.78 is 60.4. The van der Waals surface area contributed by atoms with E-state index < -0.39 is 103 Å². The predicted molar refractivity (Wildman–Crippen MR) is 205 cm³/mol. The van der Waals surface area contributed by atoms with Crippen LogP contribution in [0.3, 0.4) is 0 Å². The SMILES string of the molecule is CCOC(=O)[C@@]12C[C@H]1C=CCCN(S(=O)(=O)c1ccccc1[N+](=O)[O-])CC[C@H](NC(=O)OC(C)(C)C)C(=O)N1C[C@H](OC(=O)N3Cc4cccc(F)c4C3)C[C@H]1C(=O)N2. The van der Waals surface area contributed by atoms with Gasteiger partial charge in [-0.25, -0.2) is 27.2 Å². The Hall–Kier alpha value is -5.63. The zero-order chi connectivity index (χ0) is 42.9. The van der Waals surface area contributed by atoms with Crippen molar-refractivity contribution in [2.24, 2.45) is 5.92 Å². The van der Waals surface area contributed by atoms with E-state index in [9.17, 15) is 46.9 Å². The Balaban J connectivity index is 1.35. The minimum atomic E-state index is -4.60. The van der Waals surface area contributed by atoms with E-state index in [1.807, 2.05) is 0 Å². The summed E-state index contributed by atoms with van der Waals surface area (Å²) in [6, 6.07) is 6.43. The summed E-state index contributed by atoms with van der Waals surface area (Å²) in [4.78, 5) is 81.9. The first-order valence-corrected chi connectivity index (χ1v) is 20.7. The van der Waals surface area contributed by atoms with Crippen LogP contribution in [0.2, 0.25) is 0 Å². The molecule has 0 unspecified atom stereocenters. The average Bonchev–Trinajstić information content (AvgIpc) is 3.45. The summed E-state index contributed by atoms with van der Waals surface area (Å²) >= 11 is 0. The molecule has 20 heteroatoms. The standard InChI is InChI=1S/C39H47FN6O12S/c1-5-56-35(49)39-20-25(39)12-8-9-17-44(59(54,55)32-15-7-6-14-30(32)46(52)53)18-16-29(41-36(50)58-38(2,3)4)34(48)45-22-26(19-31(45)33(47)42-39)57-37(51)43-21-24-11-10-13-28(40)27(24)23-43/h6-8,10-15,25-26,29,31H,5,9,16-23H2,1-4H3,(H,41,50)(H,42,47)/t25-,26-,29+,31+,39-/m1/s1. The van der Waals surface area contributed by atoms with Gasteiger partial charge in [0.15, 0.2) is 4.90 Å². The number of ether oxygens (including phenoxy) is 3. The zero-order valence-electron chi connectivity index (χ0n) is 33.1. The molecule has 59 heavy (non-hydrogen) atoms. The highest BCUT2D eigenvalue weighted by Gasteiger charge is 2.62. The van der Waals surface area contributed by atoms with Gasteiger partial charge in [0.25, 0.3) is 5.69 Å². The maximum absolute atomic E-state index is 14.7. The van der Waals surface area contributed by atoms with Gasteiger partial charge in [-0.3, -0.25) is 24.6 Å². The van der Waals surface area contributed by atoms with Gasteiger partial charge in [0.05, 0.1) is 24.6 Å². The number of nitro groups is 1. The van der Waals surface area contributed by atoms with Gasteiger partial charge in [0.1, 0.15) is 35.1 Å². The fourth-order valence-corrected chi connectivity index (χ4v) is 9.22. The summed E-state index contributed by atoms with van der Waals surface area (Å²) in [5, 5.41) is 17.2. The molecule has 4 amide bonds. The number of para-hydroxylation sites is 1. The van der Waals surface area contributed by atoms with Crippen molar-refractivity contribution in [1.29, 1.82) is 0 Å². The Kier molecular flexibility index (Phi) is 12.3. The number of alkyl carbamates (subject to hydrolysis) is 1. The number of rotatable bonds is 7. The average molecular weight is 843 g/mol. The number of amides is 4. The second-order valence-electron chi connectivity index (χ2n) is 15.8. The summed E-state index contributed by atoms with van der Waals surface area (Å²) in [5.74, 6) is -3.40. The van der Waals surface area contributed by atoms with E-state index in [1.165, 1.54) is 29.2 Å². The third kappa shape index (κ3) is 9.32. The topological polar surface area (TPSA) is 224 Å². The Morgan fingerprint density at radius 1 is 1.08 bits per heavy atom. The van der Waals surface area contributed by atoms with E-state index >= 15 is 0 Å². The summed E-state index contributed by atoms with van der Waals surface area (Å²) in [5.41, 5.74) is -2.27. The van der Waals surface area contributed by atoms with E-state index in [1.54, 1.807) is 45.9 Å².